The Morgan fingerprint density at radius 2 is 1.88 bits per heavy atom. The summed E-state index contributed by atoms with van der Waals surface area (Å²) in [5.74, 6) is 0.544. The molecule has 0 radical (unpaired) electrons. The summed E-state index contributed by atoms with van der Waals surface area (Å²) in [5, 5.41) is 9.20. The van der Waals surface area contributed by atoms with Gasteiger partial charge in [0.05, 0.1) is 24.7 Å². The van der Waals surface area contributed by atoms with Gasteiger partial charge in [-0.25, -0.2) is 9.78 Å². The van der Waals surface area contributed by atoms with Gasteiger partial charge in [-0.05, 0) is 36.8 Å². The van der Waals surface area contributed by atoms with Crippen LogP contribution in [0, 0.1) is 17.2 Å². The average molecular weight is 450 g/mol. The third-order valence-electron chi connectivity index (χ3n) is 7.15. The molecule has 33 heavy (non-hydrogen) atoms. The minimum atomic E-state index is 0.0732. The van der Waals surface area contributed by atoms with Gasteiger partial charge in [0.25, 0.3) is 0 Å². The van der Waals surface area contributed by atoms with Crippen LogP contribution in [-0.4, -0.2) is 65.3 Å². The van der Waals surface area contributed by atoms with Gasteiger partial charge < -0.3 is 19.1 Å². The van der Waals surface area contributed by atoms with E-state index in [0.717, 1.165) is 44.5 Å². The van der Waals surface area contributed by atoms with E-state index in [1.807, 2.05) is 16.1 Å². The summed E-state index contributed by atoms with van der Waals surface area (Å²) in [7, 11) is 1.70. The first-order valence-electron chi connectivity index (χ1n) is 12.1. The van der Waals surface area contributed by atoms with Crippen LogP contribution >= 0.6 is 0 Å². The fourth-order valence-electron chi connectivity index (χ4n) is 5.04. The Hall–Kier alpha value is -2.85. The molecule has 0 N–H and O–H groups in total. The van der Waals surface area contributed by atoms with Crippen LogP contribution in [0.3, 0.4) is 0 Å². The fraction of sp³-hybridized carbons (Fsp3) is 0.577. The zero-order chi connectivity index (χ0) is 23.2. The summed E-state index contributed by atoms with van der Waals surface area (Å²) >= 11 is 0. The third kappa shape index (κ3) is 5.56. The molecular weight excluding hydrogens is 414 g/mol. The van der Waals surface area contributed by atoms with Crippen molar-refractivity contribution in [1.29, 1.82) is 5.26 Å². The second-order valence-electron chi connectivity index (χ2n) is 9.33. The molecule has 0 bridgehead atoms. The molecule has 7 heteroatoms. The maximum Gasteiger partial charge on any atom is 0.320 e. The predicted molar refractivity (Wildman–Crippen MR) is 127 cm³/mol. The summed E-state index contributed by atoms with van der Waals surface area (Å²) in [5.41, 5.74) is 3.66. The molecule has 2 aromatic rings. The third-order valence-corrected chi connectivity index (χ3v) is 7.15. The number of nitrogens with zero attached hydrogens (tertiary/aromatic N) is 5. The largest absolute Gasteiger partial charge is 0.383 e. The van der Waals surface area contributed by atoms with Gasteiger partial charge in [0.15, 0.2) is 0 Å². The standard InChI is InChI=1S/C26H35N5O2/c1-3-20-4-6-22(7-5-20)23-14-24(25-18-29(19-28-25)12-13-33-2)17-31(16-23)26(32)30-10-8-21(15-27)9-11-30/h4-7,18-19,21,23-24H,3,8-14,16-17H2,1-2H3. The van der Waals surface area contributed by atoms with Crippen LogP contribution in [0.2, 0.25) is 0 Å². The number of likely N-dealkylation sites (tertiary alicyclic amines) is 2. The van der Waals surface area contributed by atoms with Crippen LogP contribution in [-0.2, 0) is 17.7 Å². The van der Waals surface area contributed by atoms with Gasteiger partial charge in [-0.3, -0.25) is 0 Å². The van der Waals surface area contributed by atoms with Crippen molar-refractivity contribution in [3.05, 3.63) is 53.6 Å². The number of methoxy groups -OCH3 is 1. The first-order valence-corrected chi connectivity index (χ1v) is 12.1. The Kier molecular flexibility index (Phi) is 7.66. The summed E-state index contributed by atoms with van der Waals surface area (Å²) in [4.78, 5) is 22.1. The van der Waals surface area contributed by atoms with Crippen LogP contribution in [0.15, 0.2) is 36.8 Å². The van der Waals surface area contributed by atoms with Gasteiger partial charge in [0, 0.05) is 63.8 Å². The number of piperidine rings is 2. The van der Waals surface area contributed by atoms with Crippen molar-refractivity contribution < 1.29 is 9.53 Å². The number of ether oxygens (including phenoxy) is 1. The highest BCUT2D eigenvalue weighted by Crippen LogP contribution is 2.36. The van der Waals surface area contributed by atoms with Crippen LogP contribution in [0.4, 0.5) is 4.79 Å². The summed E-state index contributed by atoms with van der Waals surface area (Å²) < 4.78 is 7.27. The highest BCUT2D eigenvalue weighted by Gasteiger charge is 2.35. The monoisotopic (exact) mass is 449 g/mol. The maximum atomic E-state index is 13.5. The predicted octanol–water partition coefficient (Wildman–Crippen LogP) is 4.02. The topological polar surface area (TPSA) is 74.4 Å². The van der Waals surface area contributed by atoms with Crippen LogP contribution in [0.5, 0.6) is 0 Å². The number of hydrogen-bond donors (Lipinski definition) is 0. The Bertz CT molecular complexity index is 956. The number of nitriles is 1. The zero-order valence-electron chi connectivity index (χ0n) is 19.8. The molecule has 1 aromatic heterocycles. The molecule has 2 atom stereocenters. The number of rotatable bonds is 6. The molecule has 2 aliphatic heterocycles. The summed E-state index contributed by atoms with van der Waals surface area (Å²) in [6, 6.07) is 11.3. The lowest BCUT2D eigenvalue weighted by Gasteiger charge is -2.41. The molecule has 2 fully saturated rings. The molecule has 1 aromatic carbocycles. The number of urea groups is 1. The molecule has 2 saturated heterocycles. The second-order valence-corrected chi connectivity index (χ2v) is 9.33. The van der Waals surface area contributed by atoms with E-state index in [0.29, 0.717) is 26.2 Å². The van der Waals surface area contributed by atoms with Gasteiger partial charge in [-0.1, -0.05) is 31.2 Å². The lowest BCUT2D eigenvalue weighted by atomic mass is 9.83. The Labute approximate surface area is 197 Å². The minimum absolute atomic E-state index is 0.0732. The van der Waals surface area contributed by atoms with Gasteiger partial charge in [-0.15, -0.1) is 0 Å². The highest BCUT2D eigenvalue weighted by molar-refractivity contribution is 5.75. The average Bonchev–Trinajstić information content (AvgIpc) is 3.36. The van der Waals surface area contributed by atoms with Crippen molar-refractivity contribution in [2.75, 3.05) is 39.9 Å². The van der Waals surface area contributed by atoms with Gasteiger partial charge in [0.1, 0.15) is 0 Å². The highest BCUT2D eigenvalue weighted by atomic mass is 16.5. The molecular formula is C26H35N5O2. The van der Waals surface area contributed by atoms with E-state index in [9.17, 15) is 10.1 Å². The molecule has 3 heterocycles. The summed E-state index contributed by atoms with van der Waals surface area (Å²) in [6.45, 7) is 6.33. The van der Waals surface area contributed by atoms with E-state index in [2.05, 4.69) is 48.0 Å². The quantitative estimate of drug-likeness (QED) is 0.668. The number of aromatic nitrogens is 2. The van der Waals surface area contributed by atoms with Crippen molar-refractivity contribution in [3.63, 3.8) is 0 Å². The van der Waals surface area contributed by atoms with E-state index < -0.39 is 0 Å². The SMILES string of the molecule is CCc1ccc(C2CC(c3cn(CCOC)cn3)CN(C(=O)N3CCC(C#N)CC3)C2)cc1. The lowest BCUT2D eigenvalue weighted by molar-refractivity contribution is 0.120. The first-order chi connectivity index (χ1) is 16.1. The number of benzene rings is 1. The van der Waals surface area contributed by atoms with Crippen molar-refractivity contribution in [2.24, 2.45) is 5.92 Å². The van der Waals surface area contributed by atoms with E-state index in [-0.39, 0.29) is 23.8 Å². The first kappa shape index (κ1) is 23.3. The fourth-order valence-corrected chi connectivity index (χ4v) is 5.04. The molecule has 2 unspecified atom stereocenters. The van der Waals surface area contributed by atoms with Crippen molar-refractivity contribution >= 4 is 6.03 Å². The minimum Gasteiger partial charge on any atom is -0.383 e. The van der Waals surface area contributed by atoms with E-state index in [1.165, 1.54) is 11.1 Å². The van der Waals surface area contributed by atoms with Gasteiger partial charge >= 0.3 is 6.03 Å². The second kappa shape index (κ2) is 10.8. The van der Waals surface area contributed by atoms with Gasteiger partial charge in [0.2, 0.25) is 0 Å². The Balaban J connectivity index is 1.53. The number of imidazole rings is 1. The van der Waals surface area contributed by atoms with Crippen molar-refractivity contribution in [1.82, 2.24) is 19.4 Å². The Morgan fingerprint density at radius 3 is 2.55 bits per heavy atom. The number of carbonyl (C=O) groups excluding carboxylic acids is 1. The zero-order valence-corrected chi connectivity index (χ0v) is 19.8. The summed E-state index contributed by atoms with van der Waals surface area (Å²) in [6.07, 6.45) is 7.51. The molecule has 0 aliphatic carbocycles. The van der Waals surface area contributed by atoms with Crippen LogP contribution in [0.1, 0.15) is 54.8 Å². The van der Waals surface area contributed by atoms with Crippen LogP contribution < -0.4 is 0 Å². The molecule has 0 spiro atoms. The van der Waals surface area contributed by atoms with Gasteiger partial charge in [-0.2, -0.15) is 5.26 Å². The Morgan fingerprint density at radius 1 is 1.15 bits per heavy atom. The molecule has 176 valence electrons. The normalized spacial score (nSPS) is 21.7. The lowest BCUT2D eigenvalue weighted by Crippen LogP contribution is -2.51. The smallest absolute Gasteiger partial charge is 0.320 e. The number of carbonyl (C=O) groups is 1. The molecule has 0 saturated carbocycles. The van der Waals surface area contributed by atoms with Crippen LogP contribution in [0.25, 0.3) is 0 Å². The molecule has 7 nitrogen and oxygen atoms in total. The van der Waals surface area contributed by atoms with E-state index in [1.54, 1.807) is 7.11 Å². The number of hydrogen-bond acceptors (Lipinski definition) is 4. The molecule has 2 aliphatic rings. The maximum absolute atomic E-state index is 13.5. The molecule has 2 amide bonds. The number of amides is 2. The van der Waals surface area contributed by atoms with Crippen molar-refractivity contribution in [3.8, 4) is 6.07 Å². The molecule has 4 rings (SSSR count). The van der Waals surface area contributed by atoms with E-state index >= 15 is 0 Å². The van der Waals surface area contributed by atoms with Crippen molar-refractivity contribution in [2.45, 2.75) is 51.0 Å². The van der Waals surface area contributed by atoms with E-state index in [4.69, 9.17) is 9.72 Å². The number of aryl methyl sites for hydroxylation is 1.